The van der Waals surface area contributed by atoms with E-state index in [0.29, 0.717) is 6.42 Å². The molecular formula is C100H181NO18. The fourth-order valence-corrected chi connectivity index (χ4v) is 16.4. The van der Waals surface area contributed by atoms with Crippen LogP contribution in [-0.2, 0) is 33.2 Å². The van der Waals surface area contributed by atoms with Crippen molar-refractivity contribution in [3.8, 4) is 0 Å². The lowest BCUT2D eigenvalue weighted by molar-refractivity contribution is -0.379. The molecule has 3 heterocycles. The van der Waals surface area contributed by atoms with Gasteiger partial charge in [-0.2, -0.15) is 0 Å². The molecule has 119 heavy (non-hydrogen) atoms. The summed E-state index contributed by atoms with van der Waals surface area (Å²) in [6.45, 7) is 1.69. The summed E-state index contributed by atoms with van der Waals surface area (Å²) in [6.07, 6.45) is 81.9. The second-order valence-corrected chi connectivity index (χ2v) is 34.9. The molecule has 12 N–H and O–H groups in total. The Balaban J connectivity index is 1.29. The van der Waals surface area contributed by atoms with Crippen LogP contribution in [0.15, 0.2) is 85.1 Å². The van der Waals surface area contributed by atoms with Crippen molar-refractivity contribution < 1.29 is 89.4 Å². The second kappa shape index (κ2) is 78.5. The number of hydrogen-bond donors (Lipinski definition) is 12. The predicted octanol–water partition coefficient (Wildman–Crippen LogP) is 20.4. The van der Waals surface area contributed by atoms with Gasteiger partial charge in [0, 0.05) is 6.42 Å². The zero-order valence-electron chi connectivity index (χ0n) is 75.3. The molecular weight excluding hydrogens is 1500 g/mol. The first-order valence-electron chi connectivity index (χ1n) is 49.3. The van der Waals surface area contributed by atoms with Crippen molar-refractivity contribution in [2.75, 3.05) is 26.4 Å². The molecule has 0 aromatic rings. The first kappa shape index (κ1) is 110. The van der Waals surface area contributed by atoms with E-state index in [1.807, 2.05) is 6.08 Å². The maximum atomic E-state index is 13.6. The summed E-state index contributed by atoms with van der Waals surface area (Å²) in [5.41, 5.74) is 0. The smallest absolute Gasteiger partial charge is 0.220 e. The van der Waals surface area contributed by atoms with Crippen molar-refractivity contribution in [2.24, 2.45) is 0 Å². The quantitative estimate of drug-likeness (QED) is 0.0199. The lowest BCUT2D eigenvalue weighted by Gasteiger charge is -2.48. The molecule has 3 rings (SSSR count). The van der Waals surface area contributed by atoms with E-state index < -0.39 is 124 Å². The van der Waals surface area contributed by atoms with E-state index in [1.165, 1.54) is 302 Å². The minimum atomic E-state index is -1.98. The van der Waals surface area contributed by atoms with Gasteiger partial charge in [0.25, 0.3) is 0 Å². The van der Waals surface area contributed by atoms with Crippen molar-refractivity contribution in [3.05, 3.63) is 85.1 Å². The van der Waals surface area contributed by atoms with E-state index in [-0.39, 0.29) is 18.9 Å². The highest BCUT2D eigenvalue weighted by Crippen LogP contribution is 2.34. The van der Waals surface area contributed by atoms with Gasteiger partial charge in [-0.1, -0.05) is 420 Å². The van der Waals surface area contributed by atoms with Gasteiger partial charge >= 0.3 is 0 Å². The Bertz CT molecular complexity index is 2470. The molecule has 3 saturated heterocycles. The van der Waals surface area contributed by atoms with Gasteiger partial charge in [0.15, 0.2) is 18.9 Å². The molecule has 694 valence electrons. The summed E-state index contributed by atoms with van der Waals surface area (Å²) in [4.78, 5) is 13.6. The van der Waals surface area contributed by atoms with Gasteiger partial charge in [-0.15, -0.1) is 0 Å². The number of hydrogen-bond acceptors (Lipinski definition) is 18. The first-order chi connectivity index (χ1) is 58.3. The van der Waals surface area contributed by atoms with E-state index in [4.69, 9.17) is 28.4 Å². The molecule has 0 bridgehead atoms. The SMILES string of the molecule is CC/C=C\C/C=C\C/C=C\C/C=C\C/C=C\C/C=C\CCCCCCCCCCCCCCCCCCCCCCCCC(=O)NC(COC1OC(CO)C(OC2OC(CO)C(OC3OC(CO)C(O)C(O)C3O)C(O)C2O)C(O)C1O)C(O)/C=C/CCCCCCCCCCCCCCCCCCCCCCCCCCCCCCCCC. The lowest BCUT2D eigenvalue weighted by Crippen LogP contribution is -2.66. The number of aliphatic hydroxyl groups excluding tert-OH is 11. The van der Waals surface area contributed by atoms with Crippen molar-refractivity contribution in [1.29, 1.82) is 0 Å². The average molecular weight is 1690 g/mol. The van der Waals surface area contributed by atoms with E-state index >= 15 is 0 Å². The monoisotopic (exact) mass is 1680 g/mol. The molecule has 0 aromatic heterocycles. The zero-order valence-corrected chi connectivity index (χ0v) is 75.3. The number of carbonyl (C=O) groups excluding carboxylic acids is 1. The van der Waals surface area contributed by atoms with Crippen LogP contribution in [0.4, 0.5) is 0 Å². The Hall–Kier alpha value is -3.03. The van der Waals surface area contributed by atoms with E-state index in [1.54, 1.807) is 6.08 Å². The summed E-state index contributed by atoms with van der Waals surface area (Å²) in [5.74, 6) is -0.268. The Labute approximate surface area is 724 Å². The Morgan fingerprint density at radius 1 is 0.311 bits per heavy atom. The zero-order chi connectivity index (χ0) is 85.9. The number of rotatable bonds is 81. The Kier molecular flexibility index (Phi) is 72.6. The minimum Gasteiger partial charge on any atom is -0.394 e. The molecule has 0 radical (unpaired) electrons. The molecule has 17 unspecified atom stereocenters. The number of ether oxygens (including phenoxy) is 6. The van der Waals surface area contributed by atoms with Crippen LogP contribution in [0.5, 0.6) is 0 Å². The van der Waals surface area contributed by atoms with Crippen LogP contribution in [-0.4, -0.2) is 193 Å². The highest BCUT2D eigenvalue weighted by atomic mass is 16.8. The maximum absolute atomic E-state index is 13.6. The van der Waals surface area contributed by atoms with Crippen LogP contribution >= 0.6 is 0 Å². The van der Waals surface area contributed by atoms with Gasteiger partial charge in [0.1, 0.15) is 73.2 Å². The Morgan fingerprint density at radius 3 is 0.908 bits per heavy atom. The minimum absolute atomic E-state index is 0.245. The number of aliphatic hydroxyl groups is 11. The molecule has 17 atom stereocenters. The normalized spacial score (nSPS) is 24.5. The van der Waals surface area contributed by atoms with Crippen molar-refractivity contribution in [2.45, 2.75) is 516 Å². The van der Waals surface area contributed by atoms with Crippen LogP contribution in [0.2, 0.25) is 0 Å². The number of unbranched alkanes of at least 4 members (excludes halogenated alkanes) is 53. The van der Waals surface area contributed by atoms with Crippen LogP contribution in [0.1, 0.15) is 412 Å². The number of allylic oxidation sites excluding steroid dienone is 13. The fraction of sp³-hybridized carbons (Fsp3) is 0.850. The van der Waals surface area contributed by atoms with E-state index in [2.05, 4.69) is 92.1 Å². The number of amides is 1. The summed E-state index contributed by atoms with van der Waals surface area (Å²) in [5, 5.41) is 121. The topological polar surface area (TPSA) is 307 Å². The standard InChI is InChI=1S/C100H181NO18/c1-3-5-7-9-11-13-15-17-19-21-23-25-27-29-31-33-35-37-38-39-40-41-42-43-44-46-48-50-52-54-56-58-60-62-64-66-68-70-72-74-76-78-88(106)101-83(84(105)77-75-73-71-69-67-65-63-61-59-57-55-53-51-49-47-45-36-34-32-30-28-26-24-22-20-18-16-14-12-10-8-6-4-2)82-114-98-94(112)91(109)96(86(80-103)116-98)119-100-95(113)92(110)97(87(81-104)117-100)118-99-93(111)90(108)89(107)85(79-102)115-99/h5,7,11,13,17,19,23,25,29,31,35,37,75,77,83-87,89-100,102-105,107-113H,3-4,6,8-10,12,14-16,18,20-22,24,26-28,30,32-34,36,38-74,76,78-82H2,1-2H3,(H,101,106)/b7-5-,13-11-,19-17-,25-23-,31-29-,37-35-,77-75+. The van der Waals surface area contributed by atoms with Crippen LogP contribution in [0.25, 0.3) is 0 Å². The van der Waals surface area contributed by atoms with Crippen LogP contribution in [0.3, 0.4) is 0 Å². The summed E-state index contributed by atoms with van der Waals surface area (Å²) >= 11 is 0. The molecule has 0 aromatic carbocycles. The number of carbonyl (C=O) groups is 1. The highest BCUT2D eigenvalue weighted by molar-refractivity contribution is 5.76. The fourth-order valence-electron chi connectivity index (χ4n) is 16.4. The summed E-state index contributed by atoms with van der Waals surface area (Å²) in [6, 6.07) is -0.977. The molecule has 19 heteroatoms. The second-order valence-electron chi connectivity index (χ2n) is 34.9. The van der Waals surface area contributed by atoms with Crippen molar-refractivity contribution in [3.63, 3.8) is 0 Å². The van der Waals surface area contributed by atoms with Crippen molar-refractivity contribution >= 4 is 5.91 Å². The highest BCUT2D eigenvalue weighted by Gasteiger charge is 2.54. The maximum Gasteiger partial charge on any atom is 0.220 e. The molecule has 0 spiro atoms. The predicted molar refractivity (Wildman–Crippen MR) is 485 cm³/mol. The molecule has 3 fully saturated rings. The van der Waals surface area contributed by atoms with Gasteiger partial charge in [0.2, 0.25) is 5.91 Å². The average Bonchev–Trinajstić information content (AvgIpc) is 0.778. The van der Waals surface area contributed by atoms with Gasteiger partial charge in [0.05, 0.1) is 38.6 Å². The van der Waals surface area contributed by atoms with Gasteiger partial charge in [-0.05, 0) is 70.6 Å². The summed E-state index contributed by atoms with van der Waals surface area (Å²) in [7, 11) is 0. The molecule has 3 aliphatic heterocycles. The third-order valence-electron chi connectivity index (χ3n) is 24.2. The largest absolute Gasteiger partial charge is 0.394 e. The van der Waals surface area contributed by atoms with E-state index in [0.717, 1.165) is 83.5 Å². The molecule has 3 aliphatic rings. The third kappa shape index (κ3) is 55.9. The van der Waals surface area contributed by atoms with Crippen LogP contribution < -0.4 is 5.32 Å². The summed E-state index contributed by atoms with van der Waals surface area (Å²) < 4.78 is 34.6. The molecule has 19 nitrogen and oxygen atoms in total. The molecule has 0 aliphatic carbocycles. The Morgan fingerprint density at radius 2 is 0.580 bits per heavy atom. The van der Waals surface area contributed by atoms with Crippen LogP contribution in [0, 0.1) is 0 Å². The van der Waals surface area contributed by atoms with E-state index in [9.17, 15) is 61.0 Å². The van der Waals surface area contributed by atoms with Gasteiger partial charge in [-0.25, -0.2) is 0 Å². The first-order valence-corrected chi connectivity index (χ1v) is 49.3. The molecule has 0 saturated carbocycles. The van der Waals surface area contributed by atoms with Crippen molar-refractivity contribution in [1.82, 2.24) is 5.32 Å². The molecule has 1 amide bonds. The lowest BCUT2D eigenvalue weighted by atomic mass is 9.96. The third-order valence-corrected chi connectivity index (χ3v) is 24.2. The van der Waals surface area contributed by atoms with Gasteiger partial charge < -0.3 is 89.9 Å². The number of nitrogens with one attached hydrogen (secondary N) is 1. The van der Waals surface area contributed by atoms with Gasteiger partial charge in [-0.3, -0.25) is 4.79 Å².